The topological polar surface area (TPSA) is 99.3 Å². The lowest BCUT2D eigenvalue weighted by Crippen LogP contribution is -2.42. The smallest absolute Gasteiger partial charge is 0.256 e. The summed E-state index contributed by atoms with van der Waals surface area (Å²) in [5.41, 5.74) is 0.0213. The van der Waals surface area contributed by atoms with Crippen molar-refractivity contribution in [2.45, 2.75) is 44.9 Å². The molecule has 8 heteroatoms. The highest BCUT2D eigenvalue weighted by atomic mass is 32.2. The van der Waals surface area contributed by atoms with Gasteiger partial charge < -0.3 is 10.3 Å². The summed E-state index contributed by atoms with van der Waals surface area (Å²) in [5.74, 6) is 0.125. The van der Waals surface area contributed by atoms with Gasteiger partial charge >= 0.3 is 0 Å². The third-order valence-electron chi connectivity index (χ3n) is 5.39. The molecule has 2 N–H and O–H groups in total. The number of unbranched alkanes of at least 4 members (excludes halogenated alkanes) is 1. The highest BCUT2D eigenvalue weighted by Crippen LogP contribution is 2.27. The van der Waals surface area contributed by atoms with E-state index in [1.165, 1.54) is 22.6 Å². The normalized spacial score (nSPS) is 20.7. The van der Waals surface area contributed by atoms with Gasteiger partial charge in [0.15, 0.2) is 0 Å². The van der Waals surface area contributed by atoms with Crippen LogP contribution >= 0.6 is 0 Å². The Morgan fingerprint density at radius 3 is 2.59 bits per heavy atom. The van der Waals surface area contributed by atoms with Crippen molar-refractivity contribution in [1.82, 2.24) is 14.6 Å². The van der Waals surface area contributed by atoms with E-state index < -0.39 is 21.4 Å². The molecule has 2 aromatic rings. The number of nitrogens with zero attached hydrogens (tertiary/aromatic N) is 1. The Hall–Kier alpha value is -2.19. The fraction of sp³-hybridized carbons (Fsp3) is 0.524. The maximum Gasteiger partial charge on any atom is 0.256 e. The van der Waals surface area contributed by atoms with Crippen molar-refractivity contribution in [3.05, 3.63) is 40.2 Å². The van der Waals surface area contributed by atoms with E-state index >= 15 is 0 Å². The number of piperidine rings is 1. The van der Waals surface area contributed by atoms with Crippen LogP contribution in [0.1, 0.15) is 50.4 Å². The molecule has 1 amide bonds. The van der Waals surface area contributed by atoms with Crippen LogP contribution in [0.15, 0.2) is 34.1 Å². The zero-order chi connectivity index (χ0) is 21.2. The number of carbonyl (C=O) groups excluding carboxylic acids is 1. The monoisotopic (exact) mass is 419 g/mol. The van der Waals surface area contributed by atoms with Gasteiger partial charge in [0, 0.05) is 36.7 Å². The second-order valence-electron chi connectivity index (χ2n) is 8.12. The number of hydrogen-bond donors (Lipinski definition) is 2. The number of aromatic nitrogens is 1. The average molecular weight is 420 g/mol. The third kappa shape index (κ3) is 4.53. The lowest BCUT2D eigenvalue weighted by molar-refractivity contribution is 0.0952. The van der Waals surface area contributed by atoms with Gasteiger partial charge in [0.2, 0.25) is 15.5 Å². The van der Waals surface area contributed by atoms with Crippen LogP contribution in [0.4, 0.5) is 0 Å². The third-order valence-corrected chi connectivity index (χ3v) is 7.21. The first-order valence-electron chi connectivity index (χ1n) is 10.2. The van der Waals surface area contributed by atoms with Crippen LogP contribution in [-0.2, 0) is 10.0 Å². The van der Waals surface area contributed by atoms with Gasteiger partial charge in [-0.05, 0) is 42.9 Å². The fourth-order valence-electron chi connectivity index (χ4n) is 3.95. The molecule has 1 aromatic heterocycles. The van der Waals surface area contributed by atoms with Crippen LogP contribution in [0.5, 0.6) is 0 Å². The summed E-state index contributed by atoms with van der Waals surface area (Å²) >= 11 is 0. The van der Waals surface area contributed by atoms with Gasteiger partial charge in [0.1, 0.15) is 5.56 Å². The molecule has 0 aliphatic carbocycles. The Bertz CT molecular complexity index is 1050. The van der Waals surface area contributed by atoms with Gasteiger partial charge in [0.25, 0.3) is 5.91 Å². The number of fused-ring (bicyclic) bond motifs is 1. The lowest BCUT2D eigenvalue weighted by atomic mass is 9.94. The van der Waals surface area contributed by atoms with Crippen LogP contribution in [-0.4, -0.2) is 43.2 Å². The van der Waals surface area contributed by atoms with Crippen molar-refractivity contribution >= 4 is 26.8 Å². The Balaban J connectivity index is 1.97. The van der Waals surface area contributed by atoms with Crippen molar-refractivity contribution in [2.24, 2.45) is 11.8 Å². The molecule has 3 rings (SSSR count). The quantitative estimate of drug-likeness (QED) is 0.703. The number of pyridine rings is 1. The molecule has 158 valence electrons. The number of H-pyrrole nitrogens is 1. The minimum atomic E-state index is -3.71. The molecule has 1 aromatic carbocycles. The van der Waals surface area contributed by atoms with E-state index in [-0.39, 0.29) is 27.7 Å². The molecule has 1 aliphatic heterocycles. The van der Waals surface area contributed by atoms with Crippen molar-refractivity contribution in [1.29, 1.82) is 0 Å². The molecule has 1 fully saturated rings. The van der Waals surface area contributed by atoms with E-state index in [0.717, 1.165) is 19.3 Å². The summed E-state index contributed by atoms with van der Waals surface area (Å²) in [6.45, 7) is 7.55. The zero-order valence-corrected chi connectivity index (χ0v) is 18.0. The van der Waals surface area contributed by atoms with Gasteiger partial charge in [-0.15, -0.1) is 0 Å². The number of amides is 1. The average Bonchev–Trinajstić information content (AvgIpc) is 2.67. The first kappa shape index (κ1) is 21.5. The maximum absolute atomic E-state index is 13.2. The summed E-state index contributed by atoms with van der Waals surface area (Å²) < 4.78 is 27.8. The SMILES string of the molecule is CCCCNC(=O)c1c[nH]c2ccc(S(=O)(=O)N3C[C@@H](C)C[C@H](C)C3)cc2c1=O. The summed E-state index contributed by atoms with van der Waals surface area (Å²) in [5, 5.41) is 2.93. The Morgan fingerprint density at radius 1 is 1.24 bits per heavy atom. The number of benzene rings is 1. The summed E-state index contributed by atoms with van der Waals surface area (Å²) in [6.07, 6.45) is 4.14. The molecule has 0 saturated carbocycles. The molecule has 2 atom stereocenters. The molecular weight excluding hydrogens is 390 g/mol. The fourth-order valence-corrected chi connectivity index (χ4v) is 5.66. The van der Waals surface area contributed by atoms with Crippen LogP contribution in [0.25, 0.3) is 10.9 Å². The summed E-state index contributed by atoms with van der Waals surface area (Å²) in [6, 6.07) is 4.48. The van der Waals surface area contributed by atoms with Crippen molar-refractivity contribution in [3.63, 3.8) is 0 Å². The van der Waals surface area contributed by atoms with Crippen molar-refractivity contribution in [3.8, 4) is 0 Å². The number of hydrogen-bond acceptors (Lipinski definition) is 4. The molecule has 0 radical (unpaired) electrons. The molecular formula is C21H29N3O4S. The highest BCUT2D eigenvalue weighted by Gasteiger charge is 2.32. The van der Waals surface area contributed by atoms with Crippen molar-refractivity contribution in [2.75, 3.05) is 19.6 Å². The lowest BCUT2D eigenvalue weighted by Gasteiger charge is -2.34. The zero-order valence-electron chi connectivity index (χ0n) is 17.2. The van der Waals surface area contributed by atoms with Gasteiger partial charge in [-0.2, -0.15) is 4.31 Å². The number of aromatic amines is 1. The minimum Gasteiger partial charge on any atom is -0.360 e. The van der Waals surface area contributed by atoms with Gasteiger partial charge in [-0.25, -0.2) is 8.42 Å². The van der Waals surface area contributed by atoms with Crippen LogP contribution in [0.2, 0.25) is 0 Å². The van der Waals surface area contributed by atoms with E-state index in [1.807, 2.05) is 20.8 Å². The second kappa shape index (κ2) is 8.67. The van der Waals surface area contributed by atoms with Crippen molar-refractivity contribution < 1.29 is 13.2 Å². The standard InChI is InChI=1S/C21H29N3O4S/c1-4-5-8-22-21(26)18-11-23-19-7-6-16(10-17(19)20(18)25)29(27,28)24-12-14(2)9-15(3)13-24/h6-7,10-11,14-15H,4-5,8-9,12-13H2,1-3H3,(H,22,26)(H,23,25)/t14-,15-/m0/s1. The first-order chi connectivity index (χ1) is 13.7. The van der Waals surface area contributed by atoms with E-state index in [4.69, 9.17) is 0 Å². The van der Waals surface area contributed by atoms with Crippen LogP contribution in [0, 0.1) is 11.8 Å². The molecule has 7 nitrogen and oxygen atoms in total. The predicted octanol–water partition coefficient (Wildman–Crippen LogP) is 2.72. The molecule has 0 bridgehead atoms. The first-order valence-corrected chi connectivity index (χ1v) is 11.6. The van der Waals surface area contributed by atoms with Gasteiger partial charge in [-0.3, -0.25) is 9.59 Å². The maximum atomic E-state index is 13.2. The predicted molar refractivity (Wildman–Crippen MR) is 114 cm³/mol. The van der Waals surface area contributed by atoms with Gasteiger partial charge in [-0.1, -0.05) is 27.2 Å². The molecule has 2 heterocycles. The largest absolute Gasteiger partial charge is 0.360 e. The Morgan fingerprint density at radius 2 is 1.93 bits per heavy atom. The summed E-state index contributed by atoms with van der Waals surface area (Å²) in [4.78, 5) is 28.2. The summed E-state index contributed by atoms with van der Waals surface area (Å²) in [7, 11) is -3.71. The van der Waals surface area contributed by atoms with E-state index in [0.29, 0.717) is 25.2 Å². The molecule has 1 saturated heterocycles. The number of sulfonamides is 1. The van der Waals surface area contributed by atoms with Crippen LogP contribution in [0.3, 0.4) is 0 Å². The minimum absolute atomic E-state index is 0.0108. The Labute approximate surface area is 171 Å². The van der Waals surface area contributed by atoms with E-state index in [9.17, 15) is 18.0 Å². The number of rotatable bonds is 6. The Kier molecular flexibility index (Phi) is 6.43. The second-order valence-corrected chi connectivity index (χ2v) is 10.1. The van der Waals surface area contributed by atoms with E-state index in [1.54, 1.807) is 6.07 Å². The number of carbonyl (C=O) groups is 1. The van der Waals surface area contributed by atoms with E-state index in [2.05, 4.69) is 10.3 Å². The number of nitrogens with one attached hydrogen (secondary N) is 2. The molecule has 1 aliphatic rings. The molecule has 0 spiro atoms. The van der Waals surface area contributed by atoms with Crippen LogP contribution < -0.4 is 10.7 Å². The highest BCUT2D eigenvalue weighted by molar-refractivity contribution is 7.89. The molecule has 29 heavy (non-hydrogen) atoms. The van der Waals surface area contributed by atoms with Gasteiger partial charge in [0.05, 0.1) is 4.90 Å². The molecule has 0 unspecified atom stereocenters.